The molecule has 0 aromatic heterocycles. The van der Waals surface area contributed by atoms with E-state index in [1.807, 2.05) is 20.8 Å². The number of likely N-dealkylation sites (N-methyl/N-ethyl adjacent to an activating group) is 1. The number of amides is 2. The summed E-state index contributed by atoms with van der Waals surface area (Å²) in [6, 6.07) is -1.21. The molecule has 0 saturated heterocycles. The summed E-state index contributed by atoms with van der Waals surface area (Å²) in [6.07, 6.45) is 1.25. The van der Waals surface area contributed by atoms with Crippen molar-refractivity contribution in [1.82, 2.24) is 10.2 Å². The summed E-state index contributed by atoms with van der Waals surface area (Å²) in [5.41, 5.74) is 0. The maximum Gasteiger partial charge on any atom is 0.326 e. The first kappa shape index (κ1) is 16.7. The first-order chi connectivity index (χ1) is 8.38. The van der Waals surface area contributed by atoms with Crippen LogP contribution in [-0.4, -0.2) is 54.4 Å². The molecule has 18 heavy (non-hydrogen) atoms. The SMILES string of the molecule is CCC[C@@H](NC(=O)N(C)CCOC(C)C)C(=O)O. The Kier molecular flexibility index (Phi) is 8.11. The molecular formula is C12H24N2O4. The van der Waals surface area contributed by atoms with E-state index >= 15 is 0 Å². The van der Waals surface area contributed by atoms with Crippen LogP contribution in [0.1, 0.15) is 33.6 Å². The molecule has 0 unspecified atom stereocenters. The highest BCUT2D eigenvalue weighted by atomic mass is 16.5. The third-order valence-corrected chi connectivity index (χ3v) is 2.40. The number of nitrogens with zero attached hydrogens (tertiary/aromatic N) is 1. The minimum Gasteiger partial charge on any atom is -0.480 e. The van der Waals surface area contributed by atoms with Crippen molar-refractivity contribution in [3.05, 3.63) is 0 Å². The lowest BCUT2D eigenvalue weighted by molar-refractivity contribution is -0.139. The number of nitrogens with one attached hydrogen (secondary N) is 1. The number of ether oxygens (including phenoxy) is 1. The number of carboxylic acid groups (broad SMARTS) is 1. The molecule has 0 aromatic rings. The summed E-state index contributed by atoms with van der Waals surface area (Å²) in [6.45, 7) is 6.58. The average molecular weight is 260 g/mol. The summed E-state index contributed by atoms with van der Waals surface area (Å²) in [4.78, 5) is 24.0. The molecular weight excluding hydrogens is 236 g/mol. The quantitative estimate of drug-likeness (QED) is 0.689. The van der Waals surface area contributed by atoms with Gasteiger partial charge >= 0.3 is 12.0 Å². The predicted octanol–water partition coefficient (Wildman–Crippen LogP) is 1.31. The largest absolute Gasteiger partial charge is 0.480 e. The van der Waals surface area contributed by atoms with Gasteiger partial charge in [0.05, 0.1) is 12.7 Å². The summed E-state index contributed by atoms with van der Waals surface area (Å²) in [5, 5.41) is 11.4. The van der Waals surface area contributed by atoms with Gasteiger partial charge in [0, 0.05) is 13.6 Å². The molecule has 1 atom stereocenters. The molecule has 0 aliphatic carbocycles. The standard InChI is InChI=1S/C12H24N2O4/c1-5-6-10(11(15)16)13-12(17)14(4)7-8-18-9(2)3/h9-10H,5-8H2,1-4H3,(H,13,17)(H,15,16)/t10-/m1/s1. The number of hydrogen-bond donors (Lipinski definition) is 2. The second-order valence-corrected chi connectivity index (χ2v) is 4.47. The Morgan fingerprint density at radius 3 is 2.44 bits per heavy atom. The van der Waals surface area contributed by atoms with Crippen LogP contribution in [0.25, 0.3) is 0 Å². The van der Waals surface area contributed by atoms with Gasteiger partial charge in [0.15, 0.2) is 0 Å². The number of hydrogen-bond acceptors (Lipinski definition) is 3. The fraction of sp³-hybridized carbons (Fsp3) is 0.833. The van der Waals surface area contributed by atoms with E-state index in [0.29, 0.717) is 26.0 Å². The molecule has 2 amide bonds. The third-order valence-electron chi connectivity index (χ3n) is 2.40. The summed E-state index contributed by atoms with van der Waals surface area (Å²) < 4.78 is 5.32. The topological polar surface area (TPSA) is 78.9 Å². The normalized spacial score (nSPS) is 12.3. The summed E-state index contributed by atoms with van der Waals surface area (Å²) in [7, 11) is 1.61. The Hall–Kier alpha value is -1.30. The minimum atomic E-state index is -1.00. The summed E-state index contributed by atoms with van der Waals surface area (Å²) >= 11 is 0. The van der Waals surface area contributed by atoms with E-state index in [1.165, 1.54) is 4.90 Å². The molecule has 0 spiro atoms. The molecule has 2 N–H and O–H groups in total. The van der Waals surface area contributed by atoms with Crippen LogP contribution in [0.4, 0.5) is 4.79 Å². The molecule has 0 saturated carbocycles. The highest BCUT2D eigenvalue weighted by molar-refractivity contribution is 5.82. The van der Waals surface area contributed by atoms with Crippen molar-refractivity contribution in [2.75, 3.05) is 20.2 Å². The van der Waals surface area contributed by atoms with Crippen LogP contribution in [-0.2, 0) is 9.53 Å². The lowest BCUT2D eigenvalue weighted by Gasteiger charge is -2.21. The molecule has 0 aliphatic heterocycles. The van der Waals surface area contributed by atoms with Gasteiger partial charge in [-0.2, -0.15) is 0 Å². The van der Waals surface area contributed by atoms with E-state index < -0.39 is 12.0 Å². The third kappa shape index (κ3) is 7.11. The van der Waals surface area contributed by atoms with Gasteiger partial charge in [-0.25, -0.2) is 9.59 Å². The maximum atomic E-state index is 11.7. The van der Waals surface area contributed by atoms with Gasteiger partial charge in [0.1, 0.15) is 6.04 Å². The number of rotatable bonds is 8. The lowest BCUT2D eigenvalue weighted by atomic mass is 10.2. The van der Waals surface area contributed by atoms with Crippen LogP contribution in [0.2, 0.25) is 0 Å². The van der Waals surface area contributed by atoms with Crippen LogP contribution in [0, 0.1) is 0 Å². The van der Waals surface area contributed by atoms with Gasteiger partial charge < -0.3 is 20.1 Å². The minimum absolute atomic E-state index is 0.119. The Morgan fingerprint density at radius 2 is 2.00 bits per heavy atom. The van der Waals surface area contributed by atoms with Crippen molar-refractivity contribution >= 4 is 12.0 Å². The lowest BCUT2D eigenvalue weighted by Crippen LogP contribution is -2.47. The van der Waals surface area contributed by atoms with Crippen LogP contribution in [0.3, 0.4) is 0 Å². The molecule has 6 nitrogen and oxygen atoms in total. The summed E-state index contributed by atoms with van der Waals surface area (Å²) in [5.74, 6) is -1.00. The monoisotopic (exact) mass is 260 g/mol. The Labute approximate surface area is 108 Å². The van der Waals surface area contributed by atoms with E-state index in [1.54, 1.807) is 7.05 Å². The van der Waals surface area contributed by atoms with Crippen molar-refractivity contribution in [3.8, 4) is 0 Å². The van der Waals surface area contributed by atoms with Crippen LogP contribution < -0.4 is 5.32 Å². The van der Waals surface area contributed by atoms with E-state index in [-0.39, 0.29) is 12.1 Å². The molecule has 0 heterocycles. The van der Waals surface area contributed by atoms with Crippen molar-refractivity contribution in [2.24, 2.45) is 0 Å². The van der Waals surface area contributed by atoms with Gasteiger partial charge in [-0.05, 0) is 20.3 Å². The second-order valence-electron chi connectivity index (χ2n) is 4.47. The van der Waals surface area contributed by atoms with E-state index in [9.17, 15) is 9.59 Å². The number of urea groups is 1. The molecule has 0 radical (unpaired) electrons. The molecule has 0 rings (SSSR count). The number of carboxylic acids is 1. The Morgan fingerprint density at radius 1 is 1.39 bits per heavy atom. The van der Waals surface area contributed by atoms with Crippen LogP contribution in [0.15, 0.2) is 0 Å². The fourth-order valence-electron chi connectivity index (χ4n) is 1.33. The molecule has 0 fully saturated rings. The average Bonchev–Trinajstić information content (AvgIpc) is 2.27. The Balaban J connectivity index is 4.08. The van der Waals surface area contributed by atoms with E-state index in [4.69, 9.17) is 9.84 Å². The van der Waals surface area contributed by atoms with Gasteiger partial charge in [0.2, 0.25) is 0 Å². The first-order valence-corrected chi connectivity index (χ1v) is 6.24. The first-order valence-electron chi connectivity index (χ1n) is 6.24. The van der Waals surface area contributed by atoms with Crippen LogP contribution >= 0.6 is 0 Å². The maximum absolute atomic E-state index is 11.7. The van der Waals surface area contributed by atoms with Gasteiger partial charge in [-0.3, -0.25) is 0 Å². The predicted molar refractivity (Wildman–Crippen MR) is 68.6 cm³/mol. The van der Waals surface area contributed by atoms with Gasteiger partial charge in [-0.15, -0.1) is 0 Å². The fourth-order valence-corrected chi connectivity index (χ4v) is 1.33. The Bertz CT molecular complexity index is 269. The number of carbonyl (C=O) groups is 2. The van der Waals surface area contributed by atoms with Crippen molar-refractivity contribution in [1.29, 1.82) is 0 Å². The molecule has 0 aliphatic rings. The highest BCUT2D eigenvalue weighted by Gasteiger charge is 2.20. The second kappa shape index (κ2) is 8.74. The zero-order valence-corrected chi connectivity index (χ0v) is 11.6. The smallest absolute Gasteiger partial charge is 0.326 e. The zero-order valence-electron chi connectivity index (χ0n) is 11.6. The molecule has 0 aromatic carbocycles. The van der Waals surface area contributed by atoms with E-state index in [2.05, 4.69) is 5.32 Å². The van der Waals surface area contributed by atoms with Gasteiger partial charge in [-0.1, -0.05) is 13.3 Å². The molecule has 0 bridgehead atoms. The molecule has 106 valence electrons. The van der Waals surface area contributed by atoms with Crippen molar-refractivity contribution in [2.45, 2.75) is 45.8 Å². The molecule has 6 heteroatoms. The number of carbonyl (C=O) groups excluding carboxylic acids is 1. The number of aliphatic carboxylic acids is 1. The van der Waals surface area contributed by atoms with Crippen molar-refractivity contribution in [3.63, 3.8) is 0 Å². The van der Waals surface area contributed by atoms with E-state index in [0.717, 1.165) is 0 Å². The van der Waals surface area contributed by atoms with Crippen LogP contribution in [0.5, 0.6) is 0 Å². The van der Waals surface area contributed by atoms with Gasteiger partial charge in [0.25, 0.3) is 0 Å². The highest BCUT2D eigenvalue weighted by Crippen LogP contribution is 1.98. The van der Waals surface area contributed by atoms with Crippen molar-refractivity contribution < 1.29 is 19.4 Å². The zero-order chi connectivity index (χ0) is 14.1.